The lowest BCUT2D eigenvalue weighted by molar-refractivity contribution is -0.161. The number of ether oxygens (including phenoxy) is 4. The molecule has 588 valence electrons. The highest BCUT2D eigenvalue weighted by molar-refractivity contribution is 7.47. The molecule has 3 unspecified atom stereocenters. The molecule has 0 aromatic heterocycles. The monoisotopic (exact) mass is 1450 g/mol. The Morgan fingerprint density at radius 1 is 0.293 bits per heavy atom. The molecule has 0 aromatic carbocycles. The van der Waals surface area contributed by atoms with Crippen molar-refractivity contribution in [3.05, 3.63) is 0 Å². The van der Waals surface area contributed by atoms with Crippen molar-refractivity contribution in [3.8, 4) is 0 Å². The van der Waals surface area contributed by atoms with E-state index < -0.39 is 97.5 Å². The van der Waals surface area contributed by atoms with Gasteiger partial charge >= 0.3 is 39.5 Å². The van der Waals surface area contributed by atoms with E-state index in [0.29, 0.717) is 25.7 Å². The smallest absolute Gasteiger partial charge is 0.462 e. The van der Waals surface area contributed by atoms with Crippen LogP contribution in [0, 0.1) is 17.8 Å². The van der Waals surface area contributed by atoms with E-state index >= 15 is 0 Å². The molecule has 0 aliphatic carbocycles. The highest BCUT2D eigenvalue weighted by Gasteiger charge is 2.30. The lowest BCUT2D eigenvalue weighted by atomic mass is 9.99. The third kappa shape index (κ3) is 72.8. The molecule has 0 heterocycles. The zero-order valence-electron chi connectivity index (χ0n) is 65.0. The van der Waals surface area contributed by atoms with Crippen LogP contribution in [0.2, 0.25) is 0 Å². The summed E-state index contributed by atoms with van der Waals surface area (Å²) in [7, 11) is -9.92. The number of aliphatic hydroxyl groups excluding tert-OH is 1. The summed E-state index contributed by atoms with van der Waals surface area (Å²) in [5.74, 6) is 0.318. The molecule has 0 aliphatic heterocycles. The average Bonchev–Trinajstić information content (AvgIpc) is 0.989. The second kappa shape index (κ2) is 70.4. The van der Waals surface area contributed by atoms with Gasteiger partial charge in [-0.1, -0.05) is 363 Å². The topological polar surface area (TPSA) is 237 Å². The number of phosphoric acid groups is 2. The van der Waals surface area contributed by atoms with E-state index in [0.717, 1.165) is 114 Å². The van der Waals surface area contributed by atoms with Crippen molar-refractivity contribution < 1.29 is 80.2 Å². The van der Waals surface area contributed by atoms with Gasteiger partial charge in [-0.3, -0.25) is 37.3 Å². The highest BCUT2D eigenvalue weighted by atomic mass is 31.2. The van der Waals surface area contributed by atoms with E-state index in [1.165, 1.54) is 218 Å². The van der Waals surface area contributed by atoms with Crippen LogP contribution in [0.15, 0.2) is 0 Å². The molecule has 99 heavy (non-hydrogen) atoms. The molecular formula is C80H156O17P2. The first-order chi connectivity index (χ1) is 47.8. The van der Waals surface area contributed by atoms with E-state index in [4.69, 9.17) is 37.0 Å². The summed E-state index contributed by atoms with van der Waals surface area (Å²) in [4.78, 5) is 72.9. The quantitative estimate of drug-likeness (QED) is 0.0222. The zero-order chi connectivity index (χ0) is 73.0. The lowest BCUT2D eigenvalue weighted by Crippen LogP contribution is -2.30. The van der Waals surface area contributed by atoms with Gasteiger partial charge in [-0.15, -0.1) is 0 Å². The summed E-state index contributed by atoms with van der Waals surface area (Å²) in [5, 5.41) is 10.6. The number of phosphoric ester groups is 2. The summed E-state index contributed by atoms with van der Waals surface area (Å²) < 4.78 is 68.6. The maximum absolute atomic E-state index is 13.1. The predicted octanol–water partition coefficient (Wildman–Crippen LogP) is 23.7. The zero-order valence-corrected chi connectivity index (χ0v) is 66.8. The van der Waals surface area contributed by atoms with Gasteiger partial charge in [-0.05, 0) is 43.4 Å². The molecule has 0 radical (unpaired) electrons. The molecule has 0 fully saturated rings. The Kier molecular flexibility index (Phi) is 69.0. The number of hydrogen-bond donors (Lipinski definition) is 3. The van der Waals surface area contributed by atoms with Gasteiger partial charge in [0.2, 0.25) is 0 Å². The van der Waals surface area contributed by atoms with Crippen molar-refractivity contribution in [1.29, 1.82) is 0 Å². The Labute approximate surface area is 607 Å². The molecule has 0 aromatic rings. The molecule has 19 heteroatoms. The predicted molar refractivity (Wildman–Crippen MR) is 405 cm³/mol. The van der Waals surface area contributed by atoms with E-state index in [2.05, 4.69) is 48.5 Å². The molecule has 0 aliphatic rings. The van der Waals surface area contributed by atoms with Gasteiger partial charge in [-0.2, -0.15) is 0 Å². The van der Waals surface area contributed by atoms with Crippen molar-refractivity contribution >= 4 is 39.5 Å². The summed E-state index contributed by atoms with van der Waals surface area (Å²) >= 11 is 0. The number of esters is 4. The summed E-state index contributed by atoms with van der Waals surface area (Å²) in [6, 6.07) is 0. The van der Waals surface area contributed by atoms with Crippen LogP contribution in [0.5, 0.6) is 0 Å². The number of hydrogen-bond acceptors (Lipinski definition) is 15. The van der Waals surface area contributed by atoms with Crippen LogP contribution >= 0.6 is 15.6 Å². The standard InChI is InChI=1S/C80H156O17P2/c1-8-10-11-12-13-40-47-54-61-77(82)90-67-75(96-79(84)64-57-50-43-36-30-24-18-20-26-32-38-45-52-59-72(5)6)69-94-98(86,87)92-65-74(81)66-93-99(88,89)95-70-76(68-91-78(83)62-55-48-41-34-28-22-16-14-19-25-31-37-44-51-58-71(3)4)97-80(85)63-56-49-42-35-29-23-17-15-21-27-33-39-46-53-60-73(7)9-2/h71-76,81H,8-70H2,1-7H3,(H,86,87)(H,88,89)/t73?,74-,75+,76+/m0/s1. The molecule has 0 spiro atoms. The normalized spacial score (nSPS) is 14.3. The van der Waals surface area contributed by atoms with Crippen LogP contribution in [0.1, 0.15) is 414 Å². The van der Waals surface area contributed by atoms with Crippen molar-refractivity contribution in [1.82, 2.24) is 0 Å². The number of carbonyl (C=O) groups is 4. The second-order valence-electron chi connectivity index (χ2n) is 30.0. The fraction of sp³-hybridized carbons (Fsp3) is 0.950. The number of rotatable bonds is 78. The van der Waals surface area contributed by atoms with Crippen molar-refractivity contribution in [3.63, 3.8) is 0 Å². The largest absolute Gasteiger partial charge is 0.472 e. The fourth-order valence-corrected chi connectivity index (χ4v) is 13.9. The van der Waals surface area contributed by atoms with E-state index in [1.807, 2.05) is 0 Å². The van der Waals surface area contributed by atoms with Gasteiger partial charge in [0.1, 0.15) is 19.3 Å². The third-order valence-corrected chi connectivity index (χ3v) is 20.9. The Hall–Kier alpha value is -1.94. The van der Waals surface area contributed by atoms with Gasteiger partial charge in [0, 0.05) is 25.7 Å². The van der Waals surface area contributed by atoms with Crippen molar-refractivity contribution in [2.75, 3.05) is 39.6 Å². The van der Waals surface area contributed by atoms with Crippen LogP contribution in [0.25, 0.3) is 0 Å². The third-order valence-electron chi connectivity index (χ3n) is 19.0. The summed E-state index contributed by atoms with van der Waals surface area (Å²) in [5.41, 5.74) is 0. The Morgan fingerprint density at radius 3 is 0.768 bits per heavy atom. The van der Waals surface area contributed by atoms with E-state index in [9.17, 15) is 43.2 Å². The lowest BCUT2D eigenvalue weighted by Gasteiger charge is -2.21. The highest BCUT2D eigenvalue weighted by Crippen LogP contribution is 2.45. The van der Waals surface area contributed by atoms with E-state index in [1.54, 1.807) is 0 Å². The van der Waals surface area contributed by atoms with Gasteiger partial charge in [-0.25, -0.2) is 9.13 Å². The summed E-state index contributed by atoms with van der Waals surface area (Å²) in [6.45, 7) is 12.0. The van der Waals surface area contributed by atoms with Crippen LogP contribution < -0.4 is 0 Å². The number of carbonyl (C=O) groups excluding carboxylic acids is 4. The van der Waals surface area contributed by atoms with Gasteiger partial charge in [0.05, 0.1) is 26.4 Å². The van der Waals surface area contributed by atoms with Gasteiger partial charge < -0.3 is 33.8 Å². The minimum Gasteiger partial charge on any atom is -0.462 e. The minimum atomic E-state index is -4.96. The van der Waals surface area contributed by atoms with Crippen LogP contribution in [0.3, 0.4) is 0 Å². The van der Waals surface area contributed by atoms with Gasteiger partial charge in [0.15, 0.2) is 12.2 Å². The first-order valence-electron chi connectivity index (χ1n) is 41.4. The van der Waals surface area contributed by atoms with Crippen molar-refractivity contribution in [2.24, 2.45) is 17.8 Å². The van der Waals surface area contributed by atoms with Gasteiger partial charge in [0.25, 0.3) is 0 Å². The minimum absolute atomic E-state index is 0.107. The van der Waals surface area contributed by atoms with Crippen LogP contribution in [-0.4, -0.2) is 96.7 Å². The molecule has 0 amide bonds. The maximum atomic E-state index is 13.1. The molecule has 0 saturated carbocycles. The first-order valence-corrected chi connectivity index (χ1v) is 44.4. The Balaban J connectivity index is 5.21. The molecule has 0 rings (SSSR count). The van der Waals surface area contributed by atoms with Crippen LogP contribution in [-0.2, 0) is 65.4 Å². The Bertz CT molecular complexity index is 1920. The van der Waals surface area contributed by atoms with E-state index in [-0.39, 0.29) is 25.7 Å². The average molecular weight is 1450 g/mol. The Morgan fingerprint density at radius 2 is 0.515 bits per heavy atom. The molecule has 3 N–H and O–H groups in total. The number of unbranched alkanes of at least 4 members (excludes halogenated alkanes) is 45. The maximum Gasteiger partial charge on any atom is 0.472 e. The molecule has 0 saturated heterocycles. The molecule has 6 atom stereocenters. The fourth-order valence-electron chi connectivity index (χ4n) is 12.3. The second-order valence-corrected chi connectivity index (χ2v) is 32.9. The molecule has 17 nitrogen and oxygen atoms in total. The molecule has 0 bridgehead atoms. The molecular weight excluding hydrogens is 1290 g/mol. The van der Waals surface area contributed by atoms with Crippen LogP contribution in [0.4, 0.5) is 0 Å². The SMILES string of the molecule is CCCCCCCCCCC(=O)OC[C@H](COP(=O)(O)OC[C@H](O)COP(=O)(O)OC[C@@H](COC(=O)CCCCCCCCCCCCCCCCC(C)C)OC(=O)CCCCCCCCCCCCCCCCC(C)CC)OC(=O)CCCCCCCCCCCCCCCC(C)C. The summed E-state index contributed by atoms with van der Waals surface area (Å²) in [6.07, 6.45) is 58.2. The number of aliphatic hydroxyl groups is 1. The first kappa shape index (κ1) is 97.1. The van der Waals surface area contributed by atoms with Crippen molar-refractivity contribution in [2.45, 2.75) is 433 Å².